The van der Waals surface area contributed by atoms with E-state index in [0.717, 1.165) is 4.90 Å². The molecule has 1 heterocycles. The van der Waals surface area contributed by atoms with Gasteiger partial charge in [-0.1, -0.05) is 0 Å². The molecule has 0 bridgehead atoms. The molecule has 4 N–H and O–H groups in total. The zero-order chi connectivity index (χ0) is 15.1. The van der Waals surface area contributed by atoms with Gasteiger partial charge in [0.25, 0.3) is 0 Å². The van der Waals surface area contributed by atoms with E-state index in [0.29, 0.717) is 6.54 Å². The molecule has 110 valence electrons. The quantitative estimate of drug-likeness (QED) is 0.444. The third-order valence-electron chi connectivity index (χ3n) is 2.89. The van der Waals surface area contributed by atoms with Crippen LogP contribution in [-0.4, -0.2) is 66.2 Å². The van der Waals surface area contributed by atoms with Crippen LogP contribution < -0.4 is 16.0 Å². The van der Waals surface area contributed by atoms with Crippen molar-refractivity contribution in [2.24, 2.45) is 0 Å². The molecule has 9 nitrogen and oxygen atoms in total. The van der Waals surface area contributed by atoms with Crippen LogP contribution in [0, 0.1) is 11.3 Å². The molecule has 0 aromatic rings. The van der Waals surface area contributed by atoms with E-state index in [2.05, 4.69) is 16.0 Å². The molecule has 0 aliphatic carbocycles. The van der Waals surface area contributed by atoms with Crippen molar-refractivity contribution >= 4 is 17.9 Å². The van der Waals surface area contributed by atoms with E-state index in [-0.39, 0.29) is 19.6 Å². The minimum atomic E-state index is -1.17. The van der Waals surface area contributed by atoms with Crippen LogP contribution in [0.1, 0.15) is 6.92 Å². The first-order chi connectivity index (χ1) is 9.47. The number of carbonyl (C=O) groups is 3. The molecule has 0 radical (unpaired) electrons. The van der Waals surface area contributed by atoms with Crippen molar-refractivity contribution in [3.05, 3.63) is 0 Å². The van der Waals surface area contributed by atoms with Crippen LogP contribution in [0.3, 0.4) is 0 Å². The van der Waals surface area contributed by atoms with E-state index in [9.17, 15) is 14.4 Å². The lowest BCUT2D eigenvalue weighted by Crippen LogP contribution is -2.61. The van der Waals surface area contributed by atoms with Gasteiger partial charge in [-0.3, -0.25) is 14.5 Å². The topological polar surface area (TPSA) is 135 Å². The number of hydrogen-bond donors (Lipinski definition) is 4. The van der Waals surface area contributed by atoms with Gasteiger partial charge in [0, 0.05) is 19.6 Å². The number of nitrogens with zero attached hydrogens (tertiary/aromatic N) is 2. The summed E-state index contributed by atoms with van der Waals surface area (Å²) in [4.78, 5) is 35.6. The average Bonchev–Trinajstić information content (AvgIpc) is 2.44. The van der Waals surface area contributed by atoms with Gasteiger partial charge < -0.3 is 21.1 Å². The Hall–Kier alpha value is -2.34. The molecular formula is C11H17N5O4. The maximum absolute atomic E-state index is 12.0. The van der Waals surface area contributed by atoms with Crippen molar-refractivity contribution in [2.45, 2.75) is 19.0 Å². The predicted octanol–water partition coefficient (Wildman–Crippen LogP) is -1.92. The Balaban J connectivity index is 2.58. The van der Waals surface area contributed by atoms with E-state index in [1.54, 1.807) is 6.07 Å². The van der Waals surface area contributed by atoms with Gasteiger partial charge >= 0.3 is 6.09 Å². The highest BCUT2D eigenvalue weighted by molar-refractivity contribution is 5.91. The largest absolute Gasteiger partial charge is 0.465 e. The summed E-state index contributed by atoms with van der Waals surface area (Å²) in [6.07, 6.45) is -1.17. The second-order valence-electron chi connectivity index (χ2n) is 4.30. The standard InChI is InChI=1S/C11H17N5O4/c1-7(9(17)14-3-2-12)15-10(18)8-6-13-4-5-16(8)11(19)20/h7-8,13H,3-6H2,1H3,(H,14,17)(H,15,18)(H,19,20). The average molecular weight is 283 g/mol. The zero-order valence-corrected chi connectivity index (χ0v) is 11.0. The molecule has 1 fully saturated rings. The van der Waals surface area contributed by atoms with Crippen molar-refractivity contribution in [1.82, 2.24) is 20.9 Å². The molecule has 0 saturated carbocycles. The molecule has 2 unspecified atom stereocenters. The number of rotatable bonds is 4. The van der Waals surface area contributed by atoms with Gasteiger partial charge in [-0.2, -0.15) is 5.26 Å². The minimum Gasteiger partial charge on any atom is -0.465 e. The van der Waals surface area contributed by atoms with E-state index in [4.69, 9.17) is 10.4 Å². The number of hydrogen-bond acceptors (Lipinski definition) is 5. The van der Waals surface area contributed by atoms with Crippen LogP contribution >= 0.6 is 0 Å². The molecule has 1 aliphatic rings. The SMILES string of the molecule is CC(NC(=O)C1CNCCN1C(=O)O)C(=O)NCC#N. The highest BCUT2D eigenvalue weighted by atomic mass is 16.4. The number of carboxylic acid groups (broad SMARTS) is 1. The number of carbonyl (C=O) groups excluding carboxylic acids is 2. The highest BCUT2D eigenvalue weighted by Crippen LogP contribution is 2.04. The lowest BCUT2D eigenvalue weighted by Gasteiger charge is -2.33. The number of amides is 3. The monoisotopic (exact) mass is 283 g/mol. The Morgan fingerprint density at radius 1 is 1.55 bits per heavy atom. The van der Waals surface area contributed by atoms with E-state index >= 15 is 0 Å². The summed E-state index contributed by atoms with van der Waals surface area (Å²) in [5.41, 5.74) is 0. The Labute approximate surface area is 115 Å². The van der Waals surface area contributed by atoms with Crippen LogP contribution in [-0.2, 0) is 9.59 Å². The maximum Gasteiger partial charge on any atom is 0.408 e. The molecular weight excluding hydrogens is 266 g/mol. The fourth-order valence-electron chi connectivity index (χ4n) is 1.82. The fourth-order valence-corrected chi connectivity index (χ4v) is 1.82. The Morgan fingerprint density at radius 2 is 2.25 bits per heavy atom. The second kappa shape index (κ2) is 7.30. The van der Waals surface area contributed by atoms with Gasteiger partial charge in [0.15, 0.2) is 0 Å². The van der Waals surface area contributed by atoms with Gasteiger partial charge in [-0.25, -0.2) is 4.79 Å². The molecule has 20 heavy (non-hydrogen) atoms. The maximum atomic E-state index is 12.0. The van der Waals surface area contributed by atoms with Gasteiger partial charge in [0.1, 0.15) is 18.6 Å². The first-order valence-electron chi connectivity index (χ1n) is 6.12. The molecule has 9 heteroatoms. The fraction of sp³-hybridized carbons (Fsp3) is 0.636. The molecule has 2 atom stereocenters. The van der Waals surface area contributed by atoms with Crippen molar-refractivity contribution in [1.29, 1.82) is 5.26 Å². The first kappa shape index (κ1) is 15.7. The lowest BCUT2D eigenvalue weighted by molar-refractivity contribution is -0.131. The molecule has 0 spiro atoms. The highest BCUT2D eigenvalue weighted by Gasteiger charge is 2.33. The number of nitriles is 1. The Morgan fingerprint density at radius 3 is 2.85 bits per heavy atom. The molecule has 3 amide bonds. The summed E-state index contributed by atoms with van der Waals surface area (Å²) in [6.45, 7) is 2.21. The number of nitrogens with one attached hydrogen (secondary N) is 3. The molecule has 1 rings (SSSR count). The normalized spacial score (nSPS) is 19.6. The minimum absolute atomic E-state index is 0.148. The summed E-state index contributed by atoms with van der Waals surface area (Å²) < 4.78 is 0. The van der Waals surface area contributed by atoms with Gasteiger partial charge in [0.05, 0.1) is 6.07 Å². The first-order valence-corrected chi connectivity index (χ1v) is 6.12. The Bertz CT molecular complexity index is 433. The summed E-state index contributed by atoms with van der Waals surface area (Å²) in [5, 5.41) is 25.0. The molecule has 0 aromatic carbocycles. The molecule has 1 saturated heterocycles. The molecule has 0 aromatic heterocycles. The van der Waals surface area contributed by atoms with Gasteiger partial charge in [0.2, 0.25) is 11.8 Å². The molecule has 1 aliphatic heterocycles. The van der Waals surface area contributed by atoms with Crippen LogP contribution in [0.15, 0.2) is 0 Å². The van der Waals surface area contributed by atoms with Crippen LogP contribution in [0.2, 0.25) is 0 Å². The third kappa shape index (κ3) is 4.10. The third-order valence-corrected chi connectivity index (χ3v) is 2.89. The van der Waals surface area contributed by atoms with E-state index in [1.807, 2.05) is 0 Å². The second-order valence-corrected chi connectivity index (χ2v) is 4.30. The summed E-state index contributed by atoms with van der Waals surface area (Å²) >= 11 is 0. The summed E-state index contributed by atoms with van der Waals surface area (Å²) in [5.74, 6) is -1.04. The number of piperazine rings is 1. The van der Waals surface area contributed by atoms with Crippen molar-refractivity contribution in [3.63, 3.8) is 0 Å². The summed E-state index contributed by atoms with van der Waals surface area (Å²) in [7, 11) is 0. The zero-order valence-electron chi connectivity index (χ0n) is 11.0. The smallest absolute Gasteiger partial charge is 0.408 e. The van der Waals surface area contributed by atoms with Crippen molar-refractivity contribution in [2.75, 3.05) is 26.2 Å². The van der Waals surface area contributed by atoms with Crippen molar-refractivity contribution < 1.29 is 19.5 Å². The lowest BCUT2D eigenvalue weighted by atomic mass is 10.1. The van der Waals surface area contributed by atoms with Gasteiger partial charge in [-0.05, 0) is 6.92 Å². The Kier molecular flexibility index (Phi) is 5.74. The van der Waals surface area contributed by atoms with Crippen LogP contribution in [0.4, 0.5) is 4.79 Å². The van der Waals surface area contributed by atoms with E-state index < -0.39 is 30.0 Å². The van der Waals surface area contributed by atoms with Gasteiger partial charge in [-0.15, -0.1) is 0 Å². The predicted molar refractivity (Wildman–Crippen MR) is 67.6 cm³/mol. The van der Waals surface area contributed by atoms with Crippen LogP contribution in [0.25, 0.3) is 0 Å². The van der Waals surface area contributed by atoms with E-state index in [1.165, 1.54) is 6.92 Å². The van der Waals surface area contributed by atoms with Crippen molar-refractivity contribution in [3.8, 4) is 6.07 Å². The summed E-state index contributed by atoms with van der Waals surface area (Å²) in [6, 6.07) is 0.0441. The van der Waals surface area contributed by atoms with Crippen LogP contribution in [0.5, 0.6) is 0 Å².